The number of anilines is 1. The van der Waals surface area contributed by atoms with Crippen LogP contribution in [0.2, 0.25) is 0 Å². The van der Waals surface area contributed by atoms with Crippen LogP contribution >= 0.6 is 0 Å². The third-order valence-corrected chi connectivity index (χ3v) is 3.99. The summed E-state index contributed by atoms with van der Waals surface area (Å²) in [6.07, 6.45) is 1.96. The Kier molecular flexibility index (Phi) is 4.89. The van der Waals surface area contributed by atoms with Gasteiger partial charge in [-0.25, -0.2) is 0 Å². The molecule has 0 radical (unpaired) electrons. The third kappa shape index (κ3) is 4.22. The molecule has 1 saturated carbocycles. The maximum absolute atomic E-state index is 12.1. The predicted molar refractivity (Wildman–Crippen MR) is 87.8 cm³/mol. The van der Waals surface area contributed by atoms with Gasteiger partial charge in [0.2, 0.25) is 5.91 Å². The van der Waals surface area contributed by atoms with Crippen LogP contribution in [-0.2, 0) is 4.79 Å². The van der Waals surface area contributed by atoms with Gasteiger partial charge in [-0.05, 0) is 43.9 Å². The highest BCUT2D eigenvalue weighted by Crippen LogP contribution is 2.39. The smallest absolute Gasteiger partial charge is 0.253 e. The second-order valence-corrected chi connectivity index (χ2v) is 6.27. The molecule has 0 bridgehead atoms. The molecule has 0 saturated heterocycles. The molecule has 1 aliphatic carbocycles. The zero-order valence-electron chi connectivity index (χ0n) is 13.7. The van der Waals surface area contributed by atoms with E-state index in [4.69, 9.17) is 0 Å². The minimum atomic E-state index is -0.790. The zero-order valence-corrected chi connectivity index (χ0v) is 13.7. The van der Waals surface area contributed by atoms with E-state index in [2.05, 4.69) is 16.7 Å². The fourth-order valence-corrected chi connectivity index (χ4v) is 2.42. The van der Waals surface area contributed by atoms with Crippen LogP contribution in [0.3, 0.4) is 0 Å². The predicted octanol–water partition coefficient (Wildman–Crippen LogP) is 1.61. The first kappa shape index (κ1) is 16.8. The summed E-state index contributed by atoms with van der Waals surface area (Å²) in [5, 5.41) is 15.0. The molecule has 0 aromatic heterocycles. The van der Waals surface area contributed by atoms with E-state index in [9.17, 15) is 14.9 Å². The third-order valence-electron chi connectivity index (χ3n) is 3.99. The average molecular weight is 314 g/mol. The van der Waals surface area contributed by atoms with Crippen LogP contribution in [0.25, 0.3) is 0 Å². The lowest BCUT2D eigenvalue weighted by Gasteiger charge is -2.23. The molecule has 1 fully saturated rings. The standard InChI is InChI=1S/C17H22N4O2/c1-17(11-18,13-7-8-13)20-15(22)10-19-14-6-4-5-12(9-14)16(23)21(2)3/h4-6,9,13,19H,7-8,10H2,1-3H3,(H,20,22). The summed E-state index contributed by atoms with van der Waals surface area (Å²) in [7, 11) is 3.38. The Morgan fingerprint density at radius 2 is 2.09 bits per heavy atom. The van der Waals surface area contributed by atoms with E-state index in [0.717, 1.165) is 12.8 Å². The van der Waals surface area contributed by atoms with E-state index in [0.29, 0.717) is 11.3 Å². The Morgan fingerprint density at radius 3 is 2.65 bits per heavy atom. The maximum atomic E-state index is 12.1. The average Bonchev–Trinajstić information content (AvgIpc) is 3.37. The number of nitriles is 1. The summed E-state index contributed by atoms with van der Waals surface area (Å²) in [6, 6.07) is 9.19. The van der Waals surface area contributed by atoms with Crippen molar-refractivity contribution in [1.82, 2.24) is 10.2 Å². The molecule has 6 nitrogen and oxygen atoms in total. The highest BCUT2D eigenvalue weighted by Gasteiger charge is 2.42. The number of rotatable bonds is 6. The van der Waals surface area contributed by atoms with Crippen molar-refractivity contribution >= 4 is 17.5 Å². The van der Waals surface area contributed by atoms with Crippen molar-refractivity contribution in [3.05, 3.63) is 29.8 Å². The van der Waals surface area contributed by atoms with Crippen LogP contribution in [0.15, 0.2) is 24.3 Å². The number of carbonyl (C=O) groups excluding carboxylic acids is 2. The fraction of sp³-hybridized carbons (Fsp3) is 0.471. The number of carbonyl (C=O) groups is 2. The number of nitrogens with zero attached hydrogens (tertiary/aromatic N) is 2. The number of amides is 2. The van der Waals surface area contributed by atoms with Crippen molar-refractivity contribution in [2.24, 2.45) is 5.92 Å². The van der Waals surface area contributed by atoms with E-state index < -0.39 is 5.54 Å². The molecule has 0 spiro atoms. The van der Waals surface area contributed by atoms with Crippen LogP contribution in [0, 0.1) is 17.2 Å². The Bertz CT molecular complexity index is 646. The van der Waals surface area contributed by atoms with Gasteiger partial charge in [0.15, 0.2) is 0 Å². The number of benzene rings is 1. The topological polar surface area (TPSA) is 85.2 Å². The van der Waals surface area contributed by atoms with Gasteiger partial charge in [-0.3, -0.25) is 9.59 Å². The maximum Gasteiger partial charge on any atom is 0.253 e. The molecule has 1 atom stereocenters. The second kappa shape index (κ2) is 6.69. The molecule has 6 heteroatoms. The summed E-state index contributed by atoms with van der Waals surface area (Å²) in [5.74, 6) is -0.0772. The molecule has 1 aromatic carbocycles. The van der Waals surface area contributed by atoms with E-state index in [1.54, 1.807) is 45.3 Å². The molecule has 2 N–H and O–H groups in total. The van der Waals surface area contributed by atoms with Crippen molar-refractivity contribution in [1.29, 1.82) is 5.26 Å². The molecule has 1 unspecified atom stereocenters. The Hall–Kier alpha value is -2.55. The molecule has 1 aromatic rings. The summed E-state index contributed by atoms with van der Waals surface area (Å²) < 4.78 is 0. The van der Waals surface area contributed by atoms with Crippen LogP contribution < -0.4 is 10.6 Å². The molecular formula is C17H22N4O2. The number of hydrogen-bond acceptors (Lipinski definition) is 4. The van der Waals surface area contributed by atoms with Gasteiger partial charge in [0.05, 0.1) is 12.6 Å². The summed E-state index contributed by atoms with van der Waals surface area (Å²) >= 11 is 0. The first-order valence-electron chi connectivity index (χ1n) is 7.63. The number of nitrogens with one attached hydrogen (secondary N) is 2. The first-order chi connectivity index (χ1) is 10.9. The van der Waals surface area contributed by atoms with E-state index >= 15 is 0 Å². The highest BCUT2D eigenvalue weighted by molar-refractivity contribution is 5.95. The molecule has 122 valence electrons. The normalized spacial score (nSPS) is 15.9. The van der Waals surface area contributed by atoms with Gasteiger partial charge in [-0.2, -0.15) is 5.26 Å². The molecule has 0 aliphatic heterocycles. The van der Waals surface area contributed by atoms with Gasteiger partial charge in [0.25, 0.3) is 5.91 Å². The Balaban J connectivity index is 1.93. The highest BCUT2D eigenvalue weighted by atomic mass is 16.2. The van der Waals surface area contributed by atoms with Crippen LogP contribution in [0.1, 0.15) is 30.1 Å². The number of hydrogen-bond donors (Lipinski definition) is 2. The van der Waals surface area contributed by atoms with Crippen molar-refractivity contribution in [2.45, 2.75) is 25.3 Å². The fourth-order valence-electron chi connectivity index (χ4n) is 2.42. The molecule has 1 aliphatic rings. The van der Waals surface area contributed by atoms with Crippen molar-refractivity contribution < 1.29 is 9.59 Å². The van der Waals surface area contributed by atoms with Crippen molar-refractivity contribution in [3.63, 3.8) is 0 Å². The lowest BCUT2D eigenvalue weighted by atomic mass is 9.98. The van der Waals surface area contributed by atoms with Crippen LogP contribution in [0.4, 0.5) is 5.69 Å². The van der Waals surface area contributed by atoms with E-state index in [-0.39, 0.29) is 24.3 Å². The van der Waals surface area contributed by atoms with Crippen molar-refractivity contribution in [2.75, 3.05) is 26.0 Å². The monoisotopic (exact) mass is 314 g/mol. The molecule has 0 heterocycles. The quantitative estimate of drug-likeness (QED) is 0.835. The van der Waals surface area contributed by atoms with Gasteiger partial charge >= 0.3 is 0 Å². The van der Waals surface area contributed by atoms with Gasteiger partial charge in [0.1, 0.15) is 5.54 Å². The second-order valence-electron chi connectivity index (χ2n) is 6.27. The minimum Gasteiger partial charge on any atom is -0.376 e. The largest absolute Gasteiger partial charge is 0.376 e. The van der Waals surface area contributed by atoms with E-state index in [1.165, 1.54) is 4.90 Å². The van der Waals surface area contributed by atoms with Crippen molar-refractivity contribution in [3.8, 4) is 6.07 Å². The van der Waals surface area contributed by atoms with Gasteiger partial charge in [-0.1, -0.05) is 6.07 Å². The van der Waals surface area contributed by atoms with Crippen LogP contribution in [-0.4, -0.2) is 42.9 Å². The SMILES string of the molecule is CN(C)C(=O)c1cccc(NCC(=O)NC(C)(C#N)C2CC2)c1. The molecular weight excluding hydrogens is 292 g/mol. The summed E-state index contributed by atoms with van der Waals surface area (Å²) in [6.45, 7) is 1.82. The van der Waals surface area contributed by atoms with Gasteiger partial charge in [0, 0.05) is 25.3 Å². The lowest BCUT2D eigenvalue weighted by Crippen LogP contribution is -2.48. The summed E-state index contributed by atoms with van der Waals surface area (Å²) in [4.78, 5) is 25.5. The Morgan fingerprint density at radius 1 is 1.39 bits per heavy atom. The van der Waals surface area contributed by atoms with E-state index in [1.807, 2.05) is 0 Å². The molecule has 2 rings (SSSR count). The minimum absolute atomic E-state index is 0.0591. The lowest BCUT2D eigenvalue weighted by molar-refractivity contribution is -0.120. The summed E-state index contributed by atoms with van der Waals surface area (Å²) in [5.41, 5.74) is 0.458. The molecule has 2 amide bonds. The Labute approximate surface area is 136 Å². The van der Waals surface area contributed by atoms with Gasteiger partial charge < -0.3 is 15.5 Å². The van der Waals surface area contributed by atoms with Crippen LogP contribution in [0.5, 0.6) is 0 Å². The van der Waals surface area contributed by atoms with Gasteiger partial charge in [-0.15, -0.1) is 0 Å². The zero-order chi connectivity index (χ0) is 17.0. The molecule has 23 heavy (non-hydrogen) atoms. The first-order valence-corrected chi connectivity index (χ1v) is 7.63.